The molecular formula is C19H26FNO3. The molecular weight excluding hydrogens is 309 g/mol. The molecule has 0 radical (unpaired) electrons. The maximum atomic E-state index is 13.0. The van der Waals surface area contributed by atoms with Crippen molar-refractivity contribution in [1.29, 1.82) is 0 Å². The number of ether oxygens (including phenoxy) is 1. The highest BCUT2D eigenvalue weighted by Gasteiger charge is 2.31. The van der Waals surface area contributed by atoms with Crippen LogP contribution in [0.1, 0.15) is 38.2 Å². The van der Waals surface area contributed by atoms with Crippen LogP contribution in [0.4, 0.5) is 4.39 Å². The molecule has 1 aromatic rings. The second kappa shape index (κ2) is 8.92. The van der Waals surface area contributed by atoms with Gasteiger partial charge in [-0.05, 0) is 63.9 Å². The van der Waals surface area contributed by atoms with Gasteiger partial charge in [-0.1, -0.05) is 12.1 Å². The number of piperidine rings is 1. The van der Waals surface area contributed by atoms with Gasteiger partial charge in [-0.25, -0.2) is 4.39 Å². The number of ketones is 1. The van der Waals surface area contributed by atoms with E-state index < -0.39 is 5.97 Å². The highest BCUT2D eigenvalue weighted by atomic mass is 19.1. The van der Waals surface area contributed by atoms with E-state index in [-0.39, 0.29) is 23.9 Å². The first kappa shape index (κ1) is 18.6. The second-order valence-corrected chi connectivity index (χ2v) is 6.47. The van der Waals surface area contributed by atoms with Crippen molar-refractivity contribution in [2.75, 3.05) is 20.2 Å². The van der Waals surface area contributed by atoms with Crippen molar-refractivity contribution in [1.82, 2.24) is 4.90 Å². The Morgan fingerprint density at radius 1 is 1.29 bits per heavy atom. The summed E-state index contributed by atoms with van der Waals surface area (Å²) >= 11 is 0. The zero-order valence-corrected chi connectivity index (χ0v) is 14.5. The molecule has 1 fully saturated rings. The lowest BCUT2D eigenvalue weighted by Gasteiger charge is -2.36. The van der Waals surface area contributed by atoms with Crippen molar-refractivity contribution in [3.8, 4) is 0 Å². The van der Waals surface area contributed by atoms with E-state index in [0.717, 1.165) is 37.8 Å². The molecule has 1 aromatic carbocycles. The normalized spacial score (nSPS) is 21.5. The first-order valence-corrected chi connectivity index (χ1v) is 8.62. The van der Waals surface area contributed by atoms with Gasteiger partial charge in [0.05, 0.1) is 6.61 Å². The summed E-state index contributed by atoms with van der Waals surface area (Å²) in [6.45, 7) is 2.90. The van der Waals surface area contributed by atoms with Crippen molar-refractivity contribution in [2.45, 2.75) is 45.1 Å². The number of hydrogen-bond donors (Lipinski definition) is 0. The number of hydrogen-bond acceptors (Lipinski definition) is 4. The summed E-state index contributed by atoms with van der Waals surface area (Å²) in [7, 11) is 2.07. The van der Waals surface area contributed by atoms with Crippen LogP contribution in [0.15, 0.2) is 24.3 Å². The van der Waals surface area contributed by atoms with Gasteiger partial charge in [0.1, 0.15) is 18.0 Å². The summed E-state index contributed by atoms with van der Waals surface area (Å²) < 4.78 is 17.8. The van der Waals surface area contributed by atoms with Crippen molar-refractivity contribution < 1.29 is 18.7 Å². The number of aryl methyl sites for hydroxylation is 1. The number of rotatable bonds is 7. The number of likely N-dealkylation sites (tertiary alicyclic amines) is 1. The first-order valence-electron chi connectivity index (χ1n) is 8.62. The van der Waals surface area contributed by atoms with Crippen LogP contribution in [0.5, 0.6) is 0 Å². The van der Waals surface area contributed by atoms with E-state index in [0.29, 0.717) is 12.6 Å². The van der Waals surface area contributed by atoms with Crippen LogP contribution in [0.3, 0.4) is 0 Å². The Bertz CT molecular complexity index is 558. The SMILES string of the molecule is CCOC(=O)CC(=O)[C@H]1CCN(C)[C@H](CCc2ccc(F)cc2)C1. The minimum Gasteiger partial charge on any atom is -0.466 e. The van der Waals surface area contributed by atoms with Crippen LogP contribution < -0.4 is 0 Å². The molecule has 0 bridgehead atoms. The molecule has 0 aliphatic carbocycles. The van der Waals surface area contributed by atoms with Crippen LogP contribution in [0.2, 0.25) is 0 Å². The van der Waals surface area contributed by atoms with E-state index >= 15 is 0 Å². The van der Waals surface area contributed by atoms with Gasteiger partial charge in [0, 0.05) is 12.0 Å². The number of benzene rings is 1. The zero-order valence-electron chi connectivity index (χ0n) is 14.5. The molecule has 0 spiro atoms. The van der Waals surface area contributed by atoms with E-state index in [1.807, 2.05) is 12.1 Å². The van der Waals surface area contributed by atoms with Crippen LogP contribution >= 0.6 is 0 Å². The molecule has 1 aliphatic heterocycles. The highest BCUT2D eigenvalue weighted by Crippen LogP contribution is 2.26. The second-order valence-electron chi connectivity index (χ2n) is 6.47. The topological polar surface area (TPSA) is 46.6 Å². The van der Waals surface area contributed by atoms with Gasteiger partial charge >= 0.3 is 5.97 Å². The number of nitrogens with zero attached hydrogens (tertiary/aromatic N) is 1. The minimum absolute atomic E-state index is 0.00617. The molecule has 0 saturated carbocycles. The summed E-state index contributed by atoms with van der Waals surface area (Å²) in [5, 5.41) is 0. The summed E-state index contributed by atoms with van der Waals surface area (Å²) in [5.74, 6) is -0.723. The van der Waals surface area contributed by atoms with Crippen LogP contribution in [-0.4, -0.2) is 42.9 Å². The average Bonchev–Trinajstić information content (AvgIpc) is 2.55. The van der Waals surface area contributed by atoms with Crippen LogP contribution in [0.25, 0.3) is 0 Å². The van der Waals surface area contributed by atoms with E-state index in [4.69, 9.17) is 4.74 Å². The molecule has 132 valence electrons. The number of carbonyl (C=O) groups is 2. The third kappa shape index (κ3) is 5.41. The number of esters is 1. The van der Waals surface area contributed by atoms with Crippen molar-refractivity contribution in [3.05, 3.63) is 35.6 Å². The predicted octanol–water partition coefficient (Wildman–Crippen LogP) is 2.99. The molecule has 2 rings (SSSR count). The van der Waals surface area contributed by atoms with Gasteiger partial charge in [-0.15, -0.1) is 0 Å². The Balaban J connectivity index is 1.86. The zero-order chi connectivity index (χ0) is 17.5. The van der Waals surface area contributed by atoms with Crippen LogP contribution in [-0.2, 0) is 20.7 Å². The Kier molecular flexibility index (Phi) is 6.91. The fourth-order valence-electron chi connectivity index (χ4n) is 3.28. The van der Waals surface area contributed by atoms with E-state index in [9.17, 15) is 14.0 Å². The molecule has 1 saturated heterocycles. The monoisotopic (exact) mass is 335 g/mol. The Morgan fingerprint density at radius 2 is 2.00 bits per heavy atom. The summed E-state index contributed by atoms with van der Waals surface area (Å²) in [4.78, 5) is 26.1. The summed E-state index contributed by atoms with van der Waals surface area (Å²) in [6, 6.07) is 6.88. The van der Waals surface area contributed by atoms with Crippen molar-refractivity contribution >= 4 is 11.8 Å². The lowest BCUT2D eigenvalue weighted by molar-refractivity contribution is -0.146. The quantitative estimate of drug-likeness (QED) is 0.568. The molecule has 4 nitrogen and oxygen atoms in total. The largest absolute Gasteiger partial charge is 0.466 e. The standard InChI is InChI=1S/C19H26FNO3/c1-3-24-19(23)13-18(22)15-10-11-21(2)17(12-15)9-6-14-4-7-16(20)8-5-14/h4-5,7-8,15,17H,3,6,9-13H2,1-2H3/t15-,17+/m0/s1. The smallest absolute Gasteiger partial charge is 0.313 e. The van der Waals surface area contributed by atoms with Crippen molar-refractivity contribution in [2.24, 2.45) is 5.92 Å². The van der Waals surface area contributed by atoms with Gasteiger partial charge in [-0.2, -0.15) is 0 Å². The Morgan fingerprint density at radius 3 is 2.67 bits per heavy atom. The van der Waals surface area contributed by atoms with Gasteiger partial charge in [-0.3, -0.25) is 9.59 Å². The lowest BCUT2D eigenvalue weighted by Crippen LogP contribution is -2.42. The number of carbonyl (C=O) groups excluding carboxylic acids is 2. The fraction of sp³-hybridized carbons (Fsp3) is 0.579. The molecule has 0 aromatic heterocycles. The lowest BCUT2D eigenvalue weighted by atomic mass is 9.84. The summed E-state index contributed by atoms with van der Waals surface area (Å²) in [5.41, 5.74) is 1.10. The Hall–Kier alpha value is -1.75. The highest BCUT2D eigenvalue weighted by molar-refractivity contribution is 5.96. The maximum absolute atomic E-state index is 13.0. The third-order valence-electron chi connectivity index (χ3n) is 4.77. The predicted molar refractivity (Wildman–Crippen MR) is 90.1 cm³/mol. The van der Waals surface area contributed by atoms with Crippen molar-refractivity contribution in [3.63, 3.8) is 0 Å². The summed E-state index contributed by atoms with van der Waals surface area (Å²) in [6.07, 6.45) is 3.23. The number of Topliss-reactive ketones (excluding diaryl/α,β-unsaturated/α-hetero) is 1. The molecule has 0 unspecified atom stereocenters. The van der Waals surface area contributed by atoms with Gasteiger partial charge in [0.2, 0.25) is 0 Å². The molecule has 2 atom stereocenters. The maximum Gasteiger partial charge on any atom is 0.313 e. The number of halogens is 1. The van der Waals surface area contributed by atoms with Gasteiger partial charge in [0.25, 0.3) is 0 Å². The van der Waals surface area contributed by atoms with Gasteiger partial charge in [0.15, 0.2) is 0 Å². The molecule has 24 heavy (non-hydrogen) atoms. The van der Waals surface area contributed by atoms with E-state index in [1.165, 1.54) is 12.1 Å². The minimum atomic E-state index is -0.427. The van der Waals surface area contributed by atoms with Gasteiger partial charge < -0.3 is 9.64 Å². The first-order chi connectivity index (χ1) is 11.5. The molecule has 1 heterocycles. The third-order valence-corrected chi connectivity index (χ3v) is 4.77. The molecule has 0 N–H and O–H groups in total. The van der Waals surface area contributed by atoms with E-state index in [1.54, 1.807) is 6.92 Å². The van der Waals surface area contributed by atoms with E-state index in [2.05, 4.69) is 11.9 Å². The Labute approximate surface area is 143 Å². The fourth-order valence-corrected chi connectivity index (χ4v) is 3.28. The molecule has 0 amide bonds. The molecule has 1 aliphatic rings. The average molecular weight is 335 g/mol. The molecule has 5 heteroatoms. The van der Waals surface area contributed by atoms with Crippen LogP contribution in [0, 0.1) is 11.7 Å².